The summed E-state index contributed by atoms with van der Waals surface area (Å²) in [6, 6.07) is 19.9. The quantitative estimate of drug-likeness (QED) is 0.429. The number of nitrogens with zero attached hydrogens (tertiary/aromatic N) is 1. The number of benzene rings is 3. The summed E-state index contributed by atoms with van der Waals surface area (Å²) in [7, 11) is 1.54. The van der Waals surface area contributed by atoms with Gasteiger partial charge in [-0.15, -0.1) is 0 Å². The van der Waals surface area contributed by atoms with Crippen molar-refractivity contribution >= 4 is 28.3 Å². The molecule has 0 spiro atoms. The third-order valence-electron chi connectivity index (χ3n) is 4.65. The third kappa shape index (κ3) is 4.64. The van der Waals surface area contributed by atoms with Gasteiger partial charge < -0.3 is 14.5 Å². The fourth-order valence-corrected chi connectivity index (χ4v) is 3.06. The van der Waals surface area contributed by atoms with Crippen molar-refractivity contribution in [2.75, 3.05) is 12.4 Å². The number of methoxy groups -OCH3 is 1. The first-order valence-electron chi connectivity index (χ1n) is 9.54. The van der Waals surface area contributed by atoms with Gasteiger partial charge in [-0.3, -0.25) is 4.79 Å². The van der Waals surface area contributed by atoms with E-state index in [-0.39, 0.29) is 16.8 Å². The molecule has 0 aliphatic carbocycles. The molecule has 4 rings (SSSR count). The molecule has 0 saturated heterocycles. The van der Waals surface area contributed by atoms with Crippen molar-refractivity contribution in [3.63, 3.8) is 0 Å². The average molecular weight is 438 g/mol. The average Bonchev–Trinajstić information content (AvgIpc) is 2.78. The monoisotopic (exact) mass is 438 g/mol. The molecule has 0 bridgehead atoms. The Balaban J connectivity index is 1.77. The summed E-state index contributed by atoms with van der Waals surface area (Å²) in [4.78, 5) is 17.4. The highest BCUT2D eigenvalue weighted by Crippen LogP contribution is 2.30. The highest BCUT2D eigenvalue weighted by atomic mass is 19.4. The summed E-state index contributed by atoms with van der Waals surface area (Å²) < 4.78 is 50.0. The maximum Gasteiger partial charge on any atom is 0.416 e. The van der Waals surface area contributed by atoms with Crippen LogP contribution in [0.25, 0.3) is 11.0 Å². The van der Waals surface area contributed by atoms with Gasteiger partial charge in [-0.1, -0.05) is 24.3 Å². The number of carbonyl (C=O) groups is 1. The lowest BCUT2D eigenvalue weighted by Gasteiger charge is -2.10. The van der Waals surface area contributed by atoms with Crippen LogP contribution in [0.4, 0.5) is 24.5 Å². The van der Waals surface area contributed by atoms with Gasteiger partial charge in [-0.2, -0.15) is 13.2 Å². The fraction of sp³-hybridized carbons (Fsp3) is 0.0833. The summed E-state index contributed by atoms with van der Waals surface area (Å²) >= 11 is 0. The molecule has 1 heterocycles. The standard InChI is InChI=1S/C24H17F3N2O3/c1-31-19-11-9-17(10-12-19)29-23-20(13-15-5-2-3-8-21(15)32-23)22(30)28-18-7-4-6-16(14-18)24(25,26)27/h2-14H,1H3,(H,28,30). The number of fused-ring (bicyclic) bond motifs is 1. The Morgan fingerprint density at radius 3 is 2.44 bits per heavy atom. The van der Waals surface area contributed by atoms with Crippen LogP contribution in [0.1, 0.15) is 15.9 Å². The molecule has 0 radical (unpaired) electrons. The predicted molar refractivity (Wildman–Crippen MR) is 114 cm³/mol. The minimum absolute atomic E-state index is 0.00776. The van der Waals surface area contributed by atoms with Crippen molar-refractivity contribution in [3.05, 3.63) is 95.5 Å². The lowest BCUT2D eigenvalue weighted by atomic mass is 10.1. The van der Waals surface area contributed by atoms with Crippen molar-refractivity contribution in [2.45, 2.75) is 6.18 Å². The second-order valence-electron chi connectivity index (χ2n) is 6.85. The number of ether oxygens (including phenoxy) is 1. The number of anilines is 1. The van der Waals surface area contributed by atoms with Crippen LogP contribution in [-0.2, 0) is 6.18 Å². The molecule has 0 saturated carbocycles. The number of rotatable bonds is 4. The molecular formula is C24H17F3N2O3. The second kappa shape index (κ2) is 8.58. The molecule has 0 aliphatic rings. The Morgan fingerprint density at radius 2 is 1.72 bits per heavy atom. The van der Waals surface area contributed by atoms with Gasteiger partial charge in [0.05, 0.1) is 18.4 Å². The number of carbonyl (C=O) groups excluding carboxylic acids is 1. The molecule has 4 aromatic rings. The normalized spacial score (nSPS) is 12.1. The van der Waals surface area contributed by atoms with Crippen LogP contribution >= 0.6 is 0 Å². The van der Waals surface area contributed by atoms with Crippen LogP contribution in [0.15, 0.2) is 88.3 Å². The molecule has 1 N–H and O–H groups in total. The zero-order valence-corrected chi connectivity index (χ0v) is 16.8. The molecule has 3 aromatic carbocycles. The van der Waals surface area contributed by atoms with Gasteiger partial charge in [0, 0.05) is 11.1 Å². The van der Waals surface area contributed by atoms with E-state index in [1.807, 2.05) is 0 Å². The maximum atomic E-state index is 13.0. The Kier molecular flexibility index (Phi) is 5.68. The van der Waals surface area contributed by atoms with E-state index < -0.39 is 17.6 Å². The van der Waals surface area contributed by atoms with Crippen LogP contribution in [0.2, 0.25) is 0 Å². The number of nitrogens with one attached hydrogen (secondary N) is 1. The number of para-hydroxylation sites is 1. The molecule has 0 fully saturated rings. The Morgan fingerprint density at radius 1 is 0.969 bits per heavy atom. The van der Waals surface area contributed by atoms with E-state index in [0.29, 0.717) is 22.4 Å². The van der Waals surface area contributed by atoms with Gasteiger partial charge in [0.2, 0.25) is 5.55 Å². The van der Waals surface area contributed by atoms with Gasteiger partial charge in [0.1, 0.15) is 16.9 Å². The van der Waals surface area contributed by atoms with Gasteiger partial charge in [0.15, 0.2) is 0 Å². The molecule has 1 aromatic heterocycles. The van der Waals surface area contributed by atoms with E-state index >= 15 is 0 Å². The van der Waals surface area contributed by atoms with Gasteiger partial charge in [-0.25, -0.2) is 4.99 Å². The van der Waals surface area contributed by atoms with Crippen molar-refractivity contribution in [3.8, 4) is 5.75 Å². The van der Waals surface area contributed by atoms with E-state index in [0.717, 1.165) is 12.1 Å². The number of alkyl halides is 3. The first-order chi connectivity index (χ1) is 15.3. The van der Waals surface area contributed by atoms with Gasteiger partial charge >= 0.3 is 6.18 Å². The summed E-state index contributed by atoms with van der Waals surface area (Å²) in [5, 5.41) is 3.15. The summed E-state index contributed by atoms with van der Waals surface area (Å²) in [6.45, 7) is 0. The zero-order valence-electron chi connectivity index (χ0n) is 16.8. The third-order valence-corrected chi connectivity index (χ3v) is 4.65. The molecule has 162 valence electrons. The van der Waals surface area contributed by atoms with E-state index in [1.165, 1.54) is 12.1 Å². The SMILES string of the molecule is COc1ccc(N=c2oc3ccccc3cc2C(=O)Nc2cccc(C(F)(F)F)c2)cc1. The molecule has 5 nitrogen and oxygen atoms in total. The van der Waals surface area contributed by atoms with E-state index in [4.69, 9.17) is 9.15 Å². The minimum atomic E-state index is -4.52. The van der Waals surface area contributed by atoms with E-state index in [1.54, 1.807) is 61.7 Å². The smallest absolute Gasteiger partial charge is 0.416 e. The lowest BCUT2D eigenvalue weighted by molar-refractivity contribution is -0.137. The van der Waals surface area contributed by atoms with Crippen LogP contribution in [-0.4, -0.2) is 13.0 Å². The summed E-state index contributed by atoms with van der Waals surface area (Å²) in [6.07, 6.45) is -4.52. The van der Waals surface area contributed by atoms with Crippen LogP contribution in [0.5, 0.6) is 5.75 Å². The molecule has 0 aliphatic heterocycles. The van der Waals surface area contributed by atoms with E-state index in [2.05, 4.69) is 10.3 Å². The number of hydrogen-bond acceptors (Lipinski definition) is 4. The number of halogens is 3. The molecule has 32 heavy (non-hydrogen) atoms. The lowest BCUT2D eigenvalue weighted by Crippen LogP contribution is -2.21. The first-order valence-corrected chi connectivity index (χ1v) is 9.54. The van der Waals surface area contributed by atoms with Gasteiger partial charge in [0.25, 0.3) is 5.91 Å². The number of amides is 1. The van der Waals surface area contributed by atoms with Crippen LogP contribution < -0.4 is 15.6 Å². The molecule has 0 unspecified atom stereocenters. The Hall–Kier alpha value is -4.07. The highest BCUT2D eigenvalue weighted by Gasteiger charge is 2.30. The predicted octanol–water partition coefficient (Wildman–Crippen LogP) is 5.94. The van der Waals surface area contributed by atoms with Crippen molar-refractivity contribution in [2.24, 2.45) is 4.99 Å². The van der Waals surface area contributed by atoms with E-state index in [9.17, 15) is 18.0 Å². The molecule has 0 atom stereocenters. The largest absolute Gasteiger partial charge is 0.497 e. The van der Waals surface area contributed by atoms with Crippen molar-refractivity contribution in [1.82, 2.24) is 0 Å². The van der Waals surface area contributed by atoms with Crippen molar-refractivity contribution in [1.29, 1.82) is 0 Å². The zero-order chi connectivity index (χ0) is 22.7. The molecule has 1 amide bonds. The summed E-state index contributed by atoms with van der Waals surface area (Å²) in [5.41, 5.74) is 0.277. The second-order valence-corrected chi connectivity index (χ2v) is 6.85. The molecular weight excluding hydrogens is 421 g/mol. The first kappa shape index (κ1) is 21.2. The van der Waals surface area contributed by atoms with Crippen LogP contribution in [0.3, 0.4) is 0 Å². The Labute approximate surface area is 180 Å². The maximum absolute atomic E-state index is 13.0. The molecule has 8 heteroatoms. The van der Waals surface area contributed by atoms with Crippen molar-refractivity contribution < 1.29 is 27.1 Å². The highest BCUT2D eigenvalue weighted by molar-refractivity contribution is 6.05. The van der Waals surface area contributed by atoms with Crippen LogP contribution in [0, 0.1) is 0 Å². The fourth-order valence-electron chi connectivity index (χ4n) is 3.06. The topological polar surface area (TPSA) is 63.8 Å². The minimum Gasteiger partial charge on any atom is -0.497 e. The Bertz CT molecular complexity index is 1340. The summed E-state index contributed by atoms with van der Waals surface area (Å²) in [5.74, 6) is -0.00648. The van der Waals surface area contributed by atoms with Gasteiger partial charge in [-0.05, 0) is 54.6 Å². The number of hydrogen-bond donors (Lipinski definition) is 1.